The third kappa shape index (κ3) is 5.11. The highest BCUT2D eigenvalue weighted by molar-refractivity contribution is 7.99. The van der Waals surface area contributed by atoms with E-state index < -0.39 is 0 Å². The Balaban J connectivity index is 1.44. The highest BCUT2D eigenvalue weighted by Crippen LogP contribution is 2.38. The van der Waals surface area contributed by atoms with Crippen LogP contribution in [0.25, 0.3) is 5.69 Å². The van der Waals surface area contributed by atoms with Gasteiger partial charge in [-0.2, -0.15) is 0 Å². The summed E-state index contributed by atoms with van der Waals surface area (Å²) in [7, 11) is 4.71. The Labute approximate surface area is 198 Å². The predicted molar refractivity (Wildman–Crippen MR) is 129 cm³/mol. The topological polar surface area (TPSA) is 74.6 Å². The molecule has 3 aromatic rings. The number of para-hydroxylation sites is 1. The van der Waals surface area contributed by atoms with E-state index in [0.717, 1.165) is 41.4 Å². The van der Waals surface area contributed by atoms with E-state index in [1.807, 2.05) is 30.3 Å². The van der Waals surface area contributed by atoms with Gasteiger partial charge in [0.1, 0.15) is 0 Å². The second-order valence-electron chi connectivity index (χ2n) is 7.76. The summed E-state index contributed by atoms with van der Waals surface area (Å²) in [6.45, 7) is 0.361. The SMILES string of the molecule is COc1cc(CNC(=O)CSc2nc3c(n2-c2ccccc2)CCCC3)cc(OC)c1OC. The number of ether oxygens (including phenoxy) is 3. The summed E-state index contributed by atoms with van der Waals surface area (Å²) >= 11 is 1.47. The Bertz CT molecular complexity index is 1090. The third-order valence-electron chi connectivity index (χ3n) is 5.66. The molecule has 0 bridgehead atoms. The minimum Gasteiger partial charge on any atom is -0.493 e. The lowest BCUT2D eigenvalue weighted by Crippen LogP contribution is -2.24. The van der Waals surface area contributed by atoms with Crippen molar-refractivity contribution >= 4 is 17.7 Å². The first kappa shape index (κ1) is 23.0. The van der Waals surface area contributed by atoms with Crippen LogP contribution in [-0.2, 0) is 24.2 Å². The molecule has 1 heterocycles. The van der Waals surface area contributed by atoms with Crippen LogP contribution in [0.2, 0.25) is 0 Å². The summed E-state index contributed by atoms with van der Waals surface area (Å²) < 4.78 is 18.4. The van der Waals surface area contributed by atoms with Crippen molar-refractivity contribution in [3.63, 3.8) is 0 Å². The van der Waals surface area contributed by atoms with Gasteiger partial charge in [0.25, 0.3) is 0 Å². The number of fused-ring (bicyclic) bond motifs is 1. The van der Waals surface area contributed by atoms with E-state index in [9.17, 15) is 4.79 Å². The molecule has 2 aromatic carbocycles. The van der Waals surface area contributed by atoms with Crippen molar-refractivity contribution in [2.24, 2.45) is 0 Å². The molecule has 1 amide bonds. The van der Waals surface area contributed by atoms with Crippen LogP contribution in [0, 0.1) is 0 Å². The van der Waals surface area contributed by atoms with Gasteiger partial charge in [0.15, 0.2) is 16.7 Å². The van der Waals surface area contributed by atoms with Crippen molar-refractivity contribution in [2.75, 3.05) is 27.1 Å². The second-order valence-corrected chi connectivity index (χ2v) is 8.71. The molecule has 0 aliphatic heterocycles. The Morgan fingerprint density at radius 2 is 1.73 bits per heavy atom. The maximum absolute atomic E-state index is 12.7. The summed E-state index contributed by atoms with van der Waals surface area (Å²) in [4.78, 5) is 17.5. The number of carbonyl (C=O) groups excluding carboxylic acids is 1. The monoisotopic (exact) mass is 467 g/mol. The number of methoxy groups -OCH3 is 3. The molecule has 8 heteroatoms. The van der Waals surface area contributed by atoms with Crippen LogP contribution in [0.1, 0.15) is 29.8 Å². The minimum atomic E-state index is -0.0608. The summed E-state index contributed by atoms with van der Waals surface area (Å²) in [5, 5.41) is 3.85. The molecular weight excluding hydrogens is 438 g/mol. The van der Waals surface area contributed by atoms with Crippen LogP contribution in [-0.4, -0.2) is 42.5 Å². The Morgan fingerprint density at radius 1 is 1.03 bits per heavy atom. The van der Waals surface area contributed by atoms with Gasteiger partial charge < -0.3 is 19.5 Å². The van der Waals surface area contributed by atoms with Crippen molar-refractivity contribution in [1.82, 2.24) is 14.9 Å². The molecule has 33 heavy (non-hydrogen) atoms. The summed E-state index contributed by atoms with van der Waals surface area (Å²) in [5.41, 5.74) is 4.38. The molecule has 7 nitrogen and oxygen atoms in total. The fraction of sp³-hybridized carbons (Fsp3) is 0.360. The standard InChI is InChI=1S/C25H29N3O4S/c1-30-21-13-17(14-22(31-2)24(21)32-3)15-26-23(29)16-33-25-27-19-11-7-8-12-20(19)28(25)18-9-5-4-6-10-18/h4-6,9-10,13-14H,7-8,11-12,15-16H2,1-3H3,(H,26,29). The van der Waals surface area contributed by atoms with Gasteiger partial charge in [-0.1, -0.05) is 30.0 Å². The number of hydrogen-bond donors (Lipinski definition) is 1. The highest BCUT2D eigenvalue weighted by atomic mass is 32.2. The quantitative estimate of drug-likeness (QED) is 0.476. The second kappa shape index (κ2) is 10.7. The van der Waals surface area contributed by atoms with E-state index in [-0.39, 0.29) is 11.7 Å². The summed E-state index contributed by atoms with van der Waals surface area (Å²) in [6.07, 6.45) is 4.35. The Morgan fingerprint density at radius 3 is 2.39 bits per heavy atom. The van der Waals surface area contributed by atoms with Gasteiger partial charge in [-0.15, -0.1) is 0 Å². The first-order valence-electron chi connectivity index (χ1n) is 11.0. The average molecular weight is 468 g/mol. The number of rotatable bonds is 9. The molecule has 1 aliphatic rings. The van der Waals surface area contributed by atoms with Crippen LogP contribution < -0.4 is 19.5 Å². The van der Waals surface area contributed by atoms with Gasteiger partial charge in [-0.25, -0.2) is 4.98 Å². The molecule has 0 atom stereocenters. The number of hydrogen-bond acceptors (Lipinski definition) is 6. The van der Waals surface area contributed by atoms with Gasteiger partial charge in [0.05, 0.1) is 32.8 Å². The number of carbonyl (C=O) groups is 1. The van der Waals surface area contributed by atoms with Crippen molar-refractivity contribution in [3.05, 3.63) is 59.4 Å². The lowest BCUT2D eigenvalue weighted by molar-refractivity contribution is -0.118. The van der Waals surface area contributed by atoms with Crippen molar-refractivity contribution in [1.29, 1.82) is 0 Å². The van der Waals surface area contributed by atoms with Crippen LogP contribution in [0.4, 0.5) is 0 Å². The van der Waals surface area contributed by atoms with E-state index in [0.29, 0.717) is 23.8 Å². The smallest absolute Gasteiger partial charge is 0.230 e. The summed E-state index contributed by atoms with van der Waals surface area (Å²) in [6, 6.07) is 13.9. The maximum atomic E-state index is 12.7. The zero-order valence-electron chi connectivity index (χ0n) is 19.2. The molecule has 0 saturated carbocycles. The number of benzene rings is 2. The zero-order valence-corrected chi connectivity index (χ0v) is 20.0. The molecule has 1 aromatic heterocycles. The molecule has 1 N–H and O–H groups in total. The molecular formula is C25H29N3O4S. The highest BCUT2D eigenvalue weighted by Gasteiger charge is 2.22. The molecule has 0 saturated heterocycles. The van der Waals surface area contributed by atoms with E-state index in [2.05, 4.69) is 22.0 Å². The molecule has 174 valence electrons. The maximum Gasteiger partial charge on any atom is 0.230 e. The number of thioether (sulfide) groups is 1. The number of imidazole rings is 1. The minimum absolute atomic E-state index is 0.0608. The Hall–Kier alpha value is -3.13. The van der Waals surface area contributed by atoms with Gasteiger partial charge in [-0.05, 0) is 55.5 Å². The fourth-order valence-electron chi connectivity index (χ4n) is 4.08. The van der Waals surface area contributed by atoms with E-state index >= 15 is 0 Å². The molecule has 4 rings (SSSR count). The van der Waals surface area contributed by atoms with Crippen LogP contribution >= 0.6 is 11.8 Å². The van der Waals surface area contributed by atoms with Crippen LogP contribution in [0.3, 0.4) is 0 Å². The zero-order chi connectivity index (χ0) is 23.2. The lowest BCUT2D eigenvalue weighted by Gasteiger charge is -2.15. The van der Waals surface area contributed by atoms with Crippen LogP contribution in [0.5, 0.6) is 17.2 Å². The molecule has 0 unspecified atom stereocenters. The van der Waals surface area contributed by atoms with Gasteiger partial charge in [-0.3, -0.25) is 9.36 Å². The predicted octanol–water partition coefficient (Wildman–Crippen LogP) is 4.19. The first-order valence-corrected chi connectivity index (χ1v) is 12.0. The lowest BCUT2D eigenvalue weighted by atomic mass is 10.0. The average Bonchev–Trinajstić information content (AvgIpc) is 3.24. The normalized spacial score (nSPS) is 12.7. The fourth-order valence-corrected chi connectivity index (χ4v) is 4.96. The number of aromatic nitrogens is 2. The molecule has 0 fully saturated rings. The number of aryl methyl sites for hydroxylation is 1. The van der Waals surface area contributed by atoms with E-state index in [1.165, 1.54) is 23.9 Å². The molecule has 1 aliphatic carbocycles. The van der Waals surface area contributed by atoms with Crippen molar-refractivity contribution in [2.45, 2.75) is 37.4 Å². The van der Waals surface area contributed by atoms with Crippen LogP contribution in [0.15, 0.2) is 47.6 Å². The Kier molecular flexibility index (Phi) is 7.44. The van der Waals surface area contributed by atoms with Gasteiger partial charge in [0.2, 0.25) is 11.7 Å². The number of amides is 1. The number of nitrogens with one attached hydrogen (secondary N) is 1. The molecule has 0 radical (unpaired) electrons. The van der Waals surface area contributed by atoms with E-state index in [1.54, 1.807) is 21.3 Å². The van der Waals surface area contributed by atoms with E-state index in [4.69, 9.17) is 19.2 Å². The van der Waals surface area contributed by atoms with Gasteiger partial charge in [0, 0.05) is 17.9 Å². The van der Waals surface area contributed by atoms with Crippen molar-refractivity contribution in [3.8, 4) is 22.9 Å². The van der Waals surface area contributed by atoms with Gasteiger partial charge >= 0.3 is 0 Å². The molecule has 0 spiro atoms. The third-order valence-corrected chi connectivity index (χ3v) is 6.60. The summed E-state index contributed by atoms with van der Waals surface area (Å²) in [5.74, 6) is 1.88. The number of nitrogens with zero attached hydrogens (tertiary/aromatic N) is 2. The first-order chi connectivity index (χ1) is 16.1. The van der Waals surface area contributed by atoms with Crippen molar-refractivity contribution < 1.29 is 19.0 Å². The largest absolute Gasteiger partial charge is 0.493 e.